The van der Waals surface area contributed by atoms with Gasteiger partial charge in [0.05, 0.1) is 11.6 Å². The lowest BCUT2D eigenvalue weighted by atomic mass is 10.2. The molecule has 1 amide bonds. The lowest BCUT2D eigenvalue weighted by molar-refractivity contribution is 0.0728. The zero-order chi connectivity index (χ0) is 21.7. The van der Waals surface area contributed by atoms with Crippen molar-refractivity contribution in [3.8, 4) is 0 Å². The molecule has 1 aliphatic heterocycles. The van der Waals surface area contributed by atoms with Crippen LogP contribution in [0.3, 0.4) is 0 Å². The van der Waals surface area contributed by atoms with Crippen LogP contribution in [0.5, 0.6) is 0 Å². The molecule has 4 aromatic rings. The van der Waals surface area contributed by atoms with Crippen molar-refractivity contribution in [2.75, 3.05) is 11.9 Å². The number of H-pyrrole nitrogens is 1. The quantitative estimate of drug-likeness (QED) is 0.467. The predicted molar refractivity (Wildman–Crippen MR) is 114 cm³/mol. The first-order chi connectivity index (χ1) is 15.7. The number of hydrogen-bond donors (Lipinski definition) is 2. The topological polar surface area (TPSA) is 104 Å². The van der Waals surface area contributed by atoms with Crippen molar-refractivity contribution in [1.82, 2.24) is 34.7 Å². The molecule has 2 aliphatic rings. The van der Waals surface area contributed by atoms with Crippen molar-refractivity contribution in [3.63, 3.8) is 0 Å². The molecule has 0 radical (unpaired) electrons. The fourth-order valence-electron chi connectivity index (χ4n) is 4.26. The Balaban J connectivity index is 1.32. The molecule has 0 unspecified atom stereocenters. The van der Waals surface area contributed by atoms with Gasteiger partial charge in [-0.1, -0.05) is 0 Å². The minimum absolute atomic E-state index is 0.202. The van der Waals surface area contributed by atoms with Crippen LogP contribution >= 0.6 is 0 Å². The van der Waals surface area contributed by atoms with E-state index in [1.165, 1.54) is 31.2 Å². The molecule has 162 valence electrons. The summed E-state index contributed by atoms with van der Waals surface area (Å²) < 4.78 is 14.9. The Kier molecular flexibility index (Phi) is 4.37. The number of amides is 1. The number of carbonyl (C=O) groups is 1. The van der Waals surface area contributed by atoms with Crippen LogP contribution in [-0.2, 0) is 0 Å². The van der Waals surface area contributed by atoms with Crippen LogP contribution in [0.2, 0.25) is 0 Å². The van der Waals surface area contributed by atoms with Gasteiger partial charge in [-0.2, -0.15) is 14.6 Å². The molecule has 2 N–H and O–H groups in total. The van der Waals surface area contributed by atoms with Gasteiger partial charge in [0.2, 0.25) is 5.95 Å². The molecule has 5 heterocycles. The van der Waals surface area contributed by atoms with Crippen molar-refractivity contribution in [3.05, 3.63) is 65.8 Å². The average Bonchev–Trinajstić information content (AvgIpc) is 3.20. The zero-order valence-corrected chi connectivity index (χ0v) is 17.2. The molecule has 4 aromatic heterocycles. The van der Waals surface area contributed by atoms with Crippen LogP contribution in [0.25, 0.3) is 5.52 Å². The third kappa shape index (κ3) is 3.37. The van der Waals surface area contributed by atoms with E-state index in [1.54, 1.807) is 9.42 Å². The number of nitrogens with zero attached hydrogens (tertiary/aromatic N) is 6. The Labute approximate surface area is 182 Å². The van der Waals surface area contributed by atoms with E-state index in [9.17, 15) is 9.18 Å². The Bertz CT molecular complexity index is 1290. The number of nitrogens with one attached hydrogen (secondary N) is 2. The number of hydrogen-bond acceptors (Lipinski definition) is 6. The Morgan fingerprint density at radius 3 is 2.94 bits per heavy atom. The molecule has 9 nitrogen and oxygen atoms in total. The highest BCUT2D eigenvalue weighted by Crippen LogP contribution is 2.40. The molecule has 0 aromatic carbocycles. The van der Waals surface area contributed by atoms with Crippen molar-refractivity contribution in [2.45, 2.75) is 37.6 Å². The van der Waals surface area contributed by atoms with Gasteiger partial charge in [-0.15, -0.1) is 0 Å². The minimum Gasteiger partial charge on any atom is -0.328 e. The summed E-state index contributed by atoms with van der Waals surface area (Å²) in [7, 11) is 0. The maximum absolute atomic E-state index is 13.2. The summed E-state index contributed by atoms with van der Waals surface area (Å²) >= 11 is 0. The van der Waals surface area contributed by atoms with E-state index < -0.39 is 5.95 Å². The zero-order valence-electron chi connectivity index (χ0n) is 17.2. The number of aromatic nitrogens is 6. The monoisotopic (exact) mass is 432 g/mol. The summed E-state index contributed by atoms with van der Waals surface area (Å²) in [6.07, 6.45) is 7.10. The number of aromatic amines is 1. The van der Waals surface area contributed by atoms with E-state index in [2.05, 4.69) is 25.6 Å². The van der Waals surface area contributed by atoms with Gasteiger partial charge in [0.25, 0.3) is 5.91 Å². The largest absolute Gasteiger partial charge is 0.328 e. The summed E-state index contributed by atoms with van der Waals surface area (Å²) in [5.41, 5.74) is 2.31. The lowest BCUT2D eigenvalue weighted by Crippen LogP contribution is -2.32. The summed E-state index contributed by atoms with van der Waals surface area (Å²) in [4.78, 5) is 23.2. The summed E-state index contributed by atoms with van der Waals surface area (Å²) in [6.45, 7) is 0.584. The second-order valence-corrected chi connectivity index (χ2v) is 8.29. The summed E-state index contributed by atoms with van der Waals surface area (Å²) in [5.74, 6) is 1.65. The SMILES string of the molecule is O=C(c1ccc(F)nc1)N1CCC[C@H]1c1nc(Nc2cc(C3CC3)[nH]n2)c2cccn2n1. The Morgan fingerprint density at radius 1 is 1.22 bits per heavy atom. The van der Waals surface area contributed by atoms with E-state index >= 15 is 0 Å². The first-order valence-electron chi connectivity index (χ1n) is 10.8. The average molecular weight is 432 g/mol. The number of fused-ring (bicyclic) bond motifs is 1. The Hall–Kier alpha value is -3.82. The maximum Gasteiger partial charge on any atom is 0.256 e. The highest BCUT2D eigenvalue weighted by Gasteiger charge is 2.33. The molecular weight excluding hydrogens is 411 g/mol. The van der Waals surface area contributed by atoms with Crippen LogP contribution in [0.15, 0.2) is 42.7 Å². The number of halogens is 1. The molecule has 0 spiro atoms. The molecule has 1 saturated carbocycles. The van der Waals surface area contributed by atoms with E-state index in [0.29, 0.717) is 35.5 Å². The Morgan fingerprint density at radius 2 is 2.12 bits per heavy atom. The van der Waals surface area contributed by atoms with Gasteiger partial charge < -0.3 is 10.2 Å². The fraction of sp³-hybridized carbons (Fsp3) is 0.318. The van der Waals surface area contributed by atoms with Gasteiger partial charge in [0.15, 0.2) is 17.5 Å². The highest BCUT2D eigenvalue weighted by atomic mass is 19.1. The van der Waals surface area contributed by atoms with E-state index in [1.807, 2.05) is 24.4 Å². The number of rotatable bonds is 5. The molecule has 32 heavy (non-hydrogen) atoms. The maximum atomic E-state index is 13.2. The van der Waals surface area contributed by atoms with Crippen molar-refractivity contribution >= 4 is 23.1 Å². The molecule has 0 bridgehead atoms. The molecule has 1 saturated heterocycles. The lowest BCUT2D eigenvalue weighted by Gasteiger charge is -2.24. The number of anilines is 2. The van der Waals surface area contributed by atoms with Gasteiger partial charge in [0.1, 0.15) is 5.52 Å². The summed E-state index contributed by atoms with van der Waals surface area (Å²) in [6, 6.07) is 8.23. The second kappa shape index (κ2) is 7.40. The van der Waals surface area contributed by atoms with E-state index in [-0.39, 0.29) is 11.9 Å². The summed E-state index contributed by atoms with van der Waals surface area (Å²) in [5, 5.41) is 15.5. The number of pyridine rings is 1. The van der Waals surface area contributed by atoms with Crippen LogP contribution in [-0.4, -0.2) is 47.1 Å². The minimum atomic E-state index is -0.611. The first kappa shape index (κ1) is 18.9. The highest BCUT2D eigenvalue weighted by molar-refractivity contribution is 5.94. The second-order valence-electron chi connectivity index (χ2n) is 8.29. The van der Waals surface area contributed by atoms with Gasteiger partial charge in [-0.3, -0.25) is 9.89 Å². The standard InChI is InChI=1S/C22H21FN8O/c23-18-8-7-14(12-24-18)22(32)30-9-1-3-16(30)21-26-20(17-4-2-10-31(17)29-21)25-19-11-15(27-28-19)13-5-6-13/h2,4,7-8,10-13,16H,1,3,5-6,9H2,(H2,25,26,27,28,29)/t16-/m0/s1. The van der Waals surface area contributed by atoms with Crippen molar-refractivity contribution in [1.29, 1.82) is 0 Å². The third-order valence-corrected chi connectivity index (χ3v) is 6.05. The third-order valence-electron chi connectivity index (χ3n) is 6.05. The molecule has 6 rings (SSSR count). The van der Waals surface area contributed by atoms with E-state index in [4.69, 9.17) is 4.98 Å². The van der Waals surface area contributed by atoms with E-state index in [0.717, 1.165) is 24.1 Å². The van der Waals surface area contributed by atoms with Gasteiger partial charge in [-0.25, -0.2) is 14.5 Å². The number of carbonyl (C=O) groups excluding carboxylic acids is 1. The van der Waals surface area contributed by atoms with Crippen molar-refractivity contribution < 1.29 is 9.18 Å². The van der Waals surface area contributed by atoms with Gasteiger partial charge in [-0.05, 0) is 49.9 Å². The normalized spacial score (nSPS) is 18.4. The first-order valence-corrected chi connectivity index (χ1v) is 10.8. The van der Waals surface area contributed by atoms with Gasteiger partial charge in [0, 0.05) is 36.6 Å². The molecular formula is C22H21FN8O. The fourth-order valence-corrected chi connectivity index (χ4v) is 4.26. The number of likely N-dealkylation sites (tertiary alicyclic amines) is 1. The predicted octanol–water partition coefficient (Wildman–Crippen LogP) is 3.58. The van der Waals surface area contributed by atoms with Gasteiger partial charge >= 0.3 is 0 Å². The molecule has 1 atom stereocenters. The van der Waals surface area contributed by atoms with Crippen LogP contribution < -0.4 is 5.32 Å². The van der Waals surface area contributed by atoms with Crippen LogP contribution in [0.1, 0.15) is 59.5 Å². The van der Waals surface area contributed by atoms with Crippen LogP contribution in [0, 0.1) is 5.95 Å². The molecule has 2 fully saturated rings. The smallest absolute Gasteiger partial charge is 0.256 e. The molecule has 10 heteroatoms. The van der Waals surface area contributed by atoms with Crippen LogP contribution in [0.4, 0.5) is 16.0 Å². The van der Waals surface area contributed by atoms with Crippen molar-refractivity contribution in [2.24, 2.45) is 0 Å². The molecule has 1 aliphatic carbocycles.